The molecule has 2 heterocycles. The van der Waals surface area contributed by atoms with Crippen molar-refractivity contribution < 1.29 is 4.79 Å². The maximum absolute atomic E-state index is 12.5. The fourth-order valence-electron chi connectivity index (χ4n) is 2.85. The first-order chi connectivity index (χ1) is 12.6. The van der Waals surface area contributed by atoms with E-state index >= 15 is 0 Å². The van der Waals surface area contributed by atoms with Crippen molar-refractivity contribution in [3.8, 4) is 0 Å². The minimum absolute atomic E-state index is 0.113. The zero-order chi connectivity index (χ0) is 18.5. The highest BCUT2D eigenvalue weighted by Gasteiger charge is 2.15. The molecule has 3 aromatic rings. The van der Waals surface area contributed by atoms with Gasteiger partial charge in [0.2, 0.25) is 0 Å². The third-order valence-electron chi connectivity index (χ3n) is 4.36. The molecule has 0 unspecified atom stereocenters. The Morgan fingerprint density at radius 3 is 2.73 bits per heavy atom. The minimum atomic E-state index is -0.113. The van der Waals surface area contributed by atoms with Crippen LogP contribution in [-0.4, -0.2) is 37.0 Å². The molecule has 2 aromatic heterocycles. The lowest BCUT2D eigenvalue weighted by molar-refractivity contribution is 0.0953. The lowest BCUT2D eigenvalue weighted by Gasteiger charge is -2.10. The van der Waals surface area contributed by atoms with Crippen molar-refractivity contribution in [3.63, 3.8) is 0 Å². The highest BCUT2D eigenvalue weighted by atomic mass is 16.1. The van der Waals surface area contributed by atoms with Gasteiger partial charge in [0.1, 0.15) is 12.2 Å². The van der Waals surface area contributed by atoms with Crippen LogP contribution in [0.3, 0.4) is 0 Å². The van der Waals surface area contributed by atoms with Crippen LogP contribution in [0.25, 0.3) is 0 Å². The molecule has 0 saturated heterocycles. The van der Waals surface area contributed by atoms with Crippen LogP contribution in [0.2, 0.25) is 0 Å². The summed E-state index contributed by atoms with van der Waals surface area (Å²) in [4.78, 5) is 12.5. The van der Waals surface area contributed by atoms with E-state index in [0.29, 0.717) is 31.1 Å². The Morgan fingerprint density at radius 1 is 1.23 bits per heavy atom. The van der Waals surface area contributed by atoms with Crippen molar-refractivity contribution in [1.82, 2.24) is 29.9 Å². The molecule has 0 aliphatic carbocycles. The number of carbonyl (C=O) groups is 1. The Bertz CT molecular complexity index is 865. The van der Waals surface area contributed by atoms with E-state index in [4.69, 9.17) is 0 Å². The molecule has 0 fully saturated rings. The van der Waals surface area contributed by atoms with Crippen molar-refractivity contribution in [2.24, 2.45) is 0 Å². The predicted molar refractivity (Wildman–Crippen MR) is 99.0 cm³/mol. The Morgan fingerprint density at radius 2 is 2.00 bits per heavy atom. The summed E-state index contributed by atoms with van der Waals surface area (Å²) >= 11 is 0. The molecule has 7 heteroatoms. The molecular weight excluding hydrogens is 328 g/mol. The molecule has 0 saturated carbocycles. The first-order valence-electron chi connectivity index (χ1n) is 8.79. The average Bonchev–Trinajstić information content (AvgIpc) is 3.23. The molecular formula is C19H24N6O. The fourth-order valence-corrected chi connectivity index (χ4v) is 2.85. The van der Waals surface area contributed by atoms with Gasteiger partial charge in [-0.2, -0.15) is 5.10 Å². The van der Waals surface area contributed by atoms with Gasteiger partial charge in [-0.05, 0) is 26.3 Å². The summed E-state index contributed by atoms with van der Waals surface area (Å²) in [7, 11) is 0. The summed E-state index contributed by atoms with van der Waals surface area (Å²) in [5.41, 5.74) is 2.61. The highest BCUT2D eigenvalue weighted by Crippen LogP contribution is 2.11. The van der Waals surface area contributed by atoms with E-state index in [-0.39, 0.29) is 5.91 Å². The van der Waals surface area contributed by atoms with E-state index in [2.05, 4.69) is 34.5 Å². The third-order valence-corrected chi connectivity index (χ3v) is 4.36. The summed E-state index contributed by atoms with van der Waals surface area (Å²) in [5.74, 6) is 0.759. The van der Waals surface area contributed by atoms with Gasteiger partial charge < -0.3 is 9.88 Å². The average molecular weight is 352 g/mol. The monoisotopic (exact) mass is 352 g/mol. The number of rotatable bonds is 7. The maximum Gasteiger partial charge on any atom is 0.254 e. The van der Waals surface area contributed by atoms with Gasteiger partial charge in [0.25, 0.3) is 5.91 Å². The zero-order valence-corrected chi connectivity index (χ0v) is 15.4. The molecule has 1 aromatic carbocycles. The van der Waals surface area contributed by atoms with Crippen LogP contribution in [0, 0.1) is 6.92 Å². The number of nitrogens with zero attached hydrogens (tertiary/aromatic N) is 5. The molecule has 26 heavy (non-hydrogen) atoms. The molecule has 3 rings (SSSR count). The normalized spacial score (nSPS) is 11.1. The van der Waals surface area contributed by atoms with E-state index in [1.54, 1.807) is 12.5 Å². The summed E-state index contributed by atoms with van der Waals surface area (Å²) in [5, 5.41) is 15.4. The Labute approximate surface area is 153 Å². The first kappa shape index (κ1) is 17.8. The van der Waals surface area contributed by atoms with E-state index in [1.165, 1.54) is 0 Å². The van der Waals surface area contributed by atoms with Crippen LogP contribution >= 0.6 is 0 Å². The Hall–Kier alpha value is -2.96. The molecule has 0 radical (unpaired) electrons. The van der Waals surface area contributed by atoms with E-state index in [1.807, 2.05) is 46.5 Å². The van der Waals surface area contributed by atoms with Gasteiger partial charge in [-0.15, -0.1) is 10.2 Å². The van der Waals surface area contributed by atoms with Gasteiger partial charge in [0, 0.05) is 24.7 Å². The summed E-state index contributed by atoms with van der Waals surface area (Å²) in [6.07, 6.45) is 3.99. The molecule has 0 aliphatic rings. The largest absolute Gasteiger partial charge is 0.351 e. The Kier molecular flexibility index (Phi) is 5.46. The minimum Gasteiger partial charge on any atom is -0.351 e. The van der Waals surface area contributed by atoms with Gasteiger partial charge in [-0.25, -0.2) is 0 Å². The Balaban J connectivity index is 1.59. The van der Waals surface area contributed by atoms with Gasteiger partial charge >= 0.3 is 0 Å². The van der Waals surface area contributed by atoms with Crippen molar-refractivity contribution in [3.05, 3.63) is 65.5 Å². The molecule has 0 aliphatic heterocycles. The van der Waals surface area contributed by atoms with E-state index in [0.717, 1.165) is 17.1 Å². The number of amides is 1. The van der Waals surface area contributed by atoms with Crippen molar-refractivity contribution in [1.29, 1.82) is 0 Å². The van der Waals surface area contributed by atoms with Crippen LogP contribution in [0.4, 0.5) is 0 Å². The number of hydrogen-bond donors (Lipinski definition) is 1. The number of aromatic nitrogens is 5. The number of carbonyl (C=O) groups excluding carboxylic acids is 1. The number of hydrogen-bond acceptors (Lipinski definition) is 4. The predicted octanol–water partition coefficient (Wildman–Crippen LogP) is 2.38. The van der Waals surface area contributed by atoms with Crippen molar-refractivity contribution in [2.75, 3.05) is 6.54 Å². The molecule has 136 valence electrons. The third kappa shape index (κ3) is 3.99. The summed E-state index contributed by atoms with van der Waals surface area (Å²) in [6, 6.07) is 10.4. The molecule has 7 nitrogen and oxygen atoms in total. The van der Waals surface area contributed by atoms with E-state index in [9.17, 15) is 4.79 Å². The lowest BCUT2D eigenvalue weighted by Crippen LogP contribution is -2.27. The number of benzene rings is 1. The van der Waals surface area contributed by atoms with Crippen LogP contribution < -0.4 is 5.32 Å². The van der Waals surface area contributed by atoms with Gasteiger partial charge in [0.15, 0.2) is 0 Å². The molecule has 0 spiro atoms. The quantitative estimate of drug-likeness (QED) is 0.708. The lowest BCUT2D eigenvalue weighted by atomic mass is 10.2. The van der Waals surface area contributed by atoms with Crippen LogP contribution in [-0.2, 0) is 13.0 Å². The van der Waals surface area contributed by atoms with Gasteiger partial charge in [-0.1, -0.05) is 30.3 Å². The van der Waals surface area contributed by atoms with Gasteiger partial charge in [0.05, 0.1) is 18.3 Å². The van der Waals surface area contributed by atoms with Gasteiger partial charge in [-0.3, -0.25) is 9.48 Å². The van der Waals surface area contributed by atoms with E-state index < -0.39 is 0 Å². The van der Waals surface area contributed by atoms with Crippen LogP contribution in [0.1, 0.15) is 47.3 Å². The smallest absolute Gasteiger partial charge is 0.254 e. The SMILES string of the molecule is Cc1c(C(=O)NCCc2nncn2C(C)C)cnn1Cc1ccccc1. The van der Waals surface area contributed by atoms with Crippen molar-refractivity contribution in [2.45, 2.75) is 39.8 Å². The molecule has 0 bridgehead atoms. The van der Waals surface area contributed by atoms with Crippen molar-refractivity contribution >= 4 is 5.91 Å². The molecule has 1 N–H and O–H groups in total. The standard InChI is InChI=1S/C19H24N6O/c1-14(2)24-13-21-23-18(24)9-10-20-19(26)17-11-22-25(15(17)3)12-16-7-5-4-6-8-16/h4-8,11,13-14H,9-10,12H2,1-3H3,(H,20,26). The maximum atomic E-state index is 12.5. The molecule has 0 atom stereocenters. The highest BCUT2D eigenvalue weighted by molar-refractivity contribution is 5.95. The zero-order valence-electron chi connectivity index (χ0n) is 15.4. The molecule has 1 amide bonds. The van der Waals surface area contributed by atoms with Crippen LogP contribution in [0.15, 0.2) is 42.9 Å². The second-order valence-electron chi connectivity index (χ2n) is 6.54. The summed E-state index contributed by atoms with van der Waals surface area (Å²) in [6.45, 7) is 7.23. The summed E-state index contributed by atoms with van der Waals surface area (Å²) < 4.78 is 3.86. The van der Waals surface area contributed by atoms with Crippen LogP contribution in [0.5, 0.6) is 0 Å². The number of nitrogens with one attached hydrogen (secondary N) is 1. The fraction of sp³-hybridized carbons (Fsp3) is 0.368. The second kappa shape index (κ2) is 7.95. The second-order valence-corrected chi connectivity index (χ2v) is 6.54. The topological polar surface area (TPSA) is 77.6 Å². The first-order valence-corrected chi connectivity index (χ1v) is 8.79.